The third kappa shape index (κ3) is 3.32. The lowest BCUT2D eigenvalue weighted by Gasteiger charge is -2.55. The molecule has 0 unspecified atom stereocenters. The van der Waals surface area contributed by atoms with Crippen molar-refractivity contribution >= 4 is 28.8 Å². The molecule has 2 N–H and O–H groups in total. The predicted molar refractivity (Wildman–Crippen MR) is 112 cm³/mol. The van der Waals surface area contributed by atoms with Crippen molar-refractivity contribution in [2.24, 2.45) is 23.2 Å². The number of imidazole rings is 1. The molecule has 4 fully saturated rings. The van der Waals surface area contributed by atoms with Crippen molar-refractivity contribution in [2.75, 3.05) is 11.9 Å². The number of carbonyl (C=O) groups excluding carboxylic acids is 2. The molecule has 1 heterocycles. The van der Waals surface area contributed by atoms with E-state index in [1.807, 2.05) is 35.8 Å². The van der Waals surface area contributed by atoms with E-state index < -0.39 is 0 Å². The number of rotatable bonds is 6. The number of benzene rings is 1. The molecule has 4 saturated carbocycles. The minimum absolute atomic E-state index is 0.110. The van der Waals surface area contributed by atoms with Gasteiger partial charge < -0.3 is 9.88 Å². The van der Waals surface area contributed by atoms with Gasteiger partial charge in [0.2, 0.25) is 17.8 Å². The summed E-state index contributed by atoms with van der Waals surface area (Å²) in [5.41, 5.74) is 1.74. The molecule has 4 aliphatic carbocycles. The van der Waals surface area contributed by atoms with Gasteiger partial charge in [-0.25, -0.2) is 4.98 Å². The Labute approximate surface area is 171 Å². The third-order valence-electron chi connectivity index (χ3n) is 7.38. The van der Waals surface area contributed by atoms with Crippen molar-refractivity contribution in [3.8, 4) is 0 Å². The minimum Gasteiger partial charge on any atom is -0.355 e. The fourth-order valence-corrected chi connectivity index (χ4v) is 6.54. The maximum atomic E-state index is 13.0. The normalized spacial score (nSPS) is 29.9. The summed E-state index contributed by atoms with van der Waals surface area (Å²) < 4.78 is 2.00. The Morgan fingerprint density at radius 3 is 2.41 bits per heavy atom. The second-order valence-corrected chi connectivity index (χ2v) is 9.42. The number of fused-ring (bicyclic) bond motifs is 1. The summed E-state index contributed by atoms with van der Waals surface area (Å²) in [4.78, 5) is 30.0. The van der Waals surface area contributed by atoms with Crippen LogP contribution in [0.1, 0.15) is 51.9 Å². The van der Waals surface area contributed by atoms with Gasteiger partial charge in [-0.1, -0.05) is 12.1 Å². The minimum atomic E-state index is -0.151. The van der Waals surface area contributed by atoms with Gasteiger partial charge in [0.05, 0.1) is 11.0 Å². The number of nitrogens with one attached hydrogen (secondary N) is 2. The molecule has 2 amide bonds. The number of amides is 2. The first-order chi connectivity index (χ1) is 14.1. The molecule has 0 atom stereocenters. The van der Waals surface area contributed by atoms with Crippen LogP contribution >= 0.6 is 0 Å². The van der Waals surface area contributed by atoms with Crippen LogP contribution in [0.2, 0.25) is 0 Å². The first-order valence-corrected chi connectivity index (χ1v) is 11.1. The van der Waals surface area contributed by atoms with Gasteiger partial charge in [-0.05, 0) is 75.3 Å². The number of hydrogen-bond acceptors (Lipinski definition) is 3. The number of hydrogen-bond donors (Lipinski definition) is 2. The molecule has 6 heteroatoms. The van der Waals surface area contributed by atoms with Gasteiger partial charge in [-0.2, -0.15) is 0 Å². The fourth-order valence-electron chi connectivity index (χ4n) is 6.54. The molecule has 0 radical (unpaired) electrons. The summed E-state index contributed by atoms with van der Waals surface area (Å²) in [6.07, 6.45) is 7.41. The van der Waals surface area contributed by atoms with Crippen LogP contribution in [0, 0.1) is 23.2 Å². The standard InChI is InChI=1S/C23H30N4O2/c1-2-27-19-6-4-3-5-18(19)25-22(27)26-20(28)7-8-24-21(29)23-12-15-9-16(13-23)11-17(10-15)14-23/h3-6,15-17H,2,7-14H2,1H3,(H,24,29)(H,25,26,28). The van der Waals surface area contributed by atoms with Gasteiger partial charge in [-0.3, -0.25) is 14.9 Å². The van der Waals surface area contributed by atoms with E-state index in [4.69, 9.17) is 0 Å². The number of carbonyl (C=O) groups is 2. The van der Waals surface area contributed by atoms with Crippen molar-refractivity contribution in [2.45, 2.75) is 58.4 Å². The Balaban J connectivity index is 1.17. The van der Waals surface area contributed by atoms with Gasteiger partial charge in [-0.15, -0.1) is 0 Å². The summed E-state index contributed by atoms with van der Waals surface area (Å²) in [5, 5.41) is 6.01. The molecule has 154 valence electrons. The van der Waals surface area contributed by atoms with Crippen LogP contribution in [0.15, 0.2) is 24.3 Å². The predicted octanol–water partition coefficient (Wildman–Crippen LogP) is 3.72. The van der Waals surface area contributed by atoms with Crippen LogP contribution in [0.4, 0.5) is 5.95 Å². The summed E-state index contributed by atoms with van der Waals surface area (Å²) >= 11 is 0. The van der Waals surface area contributed by atoms with Crippen LogP contribution in [-0.2, 0) is 16.1 Å². The zero-order valence-electron chi connectivity index (χ0n) is 17.1. The monoisotopic (exact) mass is 394 g/mol. The Morgan fingerprint density at radius 1 is 1.10 bits per heavy atom. The second kappa shape index (κ2) is 7.15. The lowest BCUT2D eigenvalue weighted by atomic mass is 9.49. The van der Waals surface area contributed by atoms with Gasteiger partial charge in [0.15, 0.2) is 0 Å². The highest BCUT2D eigenvalue weighted by atomic mass is 16.2. The maximum Gasteiger partial charge on any atom is 0.228 e. The molecular formula is C23H30N4O2. The Bertz CT molecular complexity index is 912. The third-order valence-corrected chi connectivity index (χ3v) is 7.38. The molecule has 0 aliphatic heterocycles. The van der Waals surface area contributed by atoms with Crippen molar-refractivity contribution in [3.05, 3.63) is 24.3 Å². The van der Waals surface area contributed by atoms with Gasteiger partial charge >= 0.3 is 0 Å². The fraction of sp³-hybridized carbons (Fsp3) is 0.609. The Morgan fingerprint density at radius 2 is 1.76 bits per heavy atom. The lowest BCUT2D eigenvalue weighted by molar-refractivity contribution is -0.146. The van der Waals surface area contributed by atoms with Crippen molar-refractivity contribution in [1.82, 2.24) is 14.9 Å². The molecule has 0 spiro atoms. The highest BCUT2D eigenvalue weighted by Gasteiger charge is 2.54. The summed E-state index contributed by atoms with van der Waals surface area (Å²) in [6.45, 7) is 3.16. The van der Waals surface area contributed by atoms with E-state index in [9.17, 15) is 9.59 Å². The summed E-state index contributed by atoms with van der Waals surface area (Å²) in [7, 11) is 0. The molecule has 29 heavy (non-hydrogen) atoms. The lowest BCUT2D eigenvalue weighted by Crippen LogP contribution is -2.53. The van der Waals surface area contributed by atoms with Crippen molar-refractivity contribution in [3.63, 3.8) is 0 Å². The maximum absolute atomic E-state index is 13.0. The number of anilines is 1. The molecule has 6 rings (SSSR count). The molecule has 1 aromatic heterocycles. The average molecular weight is 395 g/mol. The summed E-state index contributed by atoms with van der Waals surface area (Å²) in [5.74, 6) is 2.89. The molecule has 6 nitrogen and oxygen atoms in total. The van der Waals surface area contributed by atoms with Crippen LogP contribution in [0.5, 0.6) is 0 Å². The number of aryl methyl sites for hydroxylation is 1. The van der Waals surface area contributed by atoms with E-state index in [2.05, 4.69) is 15.6 Å². The topological polar surface area (TPSA) is 76.0 Å². The molecule has 2 aromatic rings. The van der Waals surface area contributed by atoms with E-state index in [1.165, 1.54) is 19.3 Å². The second-order valence-electron chi connectivity index (χ2n) is 9.42. The van der Waals surface area contributed by atoms with E-state index in [1.54, 1.807) is 0 Å². The van der Waals surface area contributed by atoms with E-state index in [-0.39, 0.29) is 23.7 Å². The van der Waals surface area contributed by atoms with Crippen LogP contribution in [0.3, 0.4) is 0 Å². The summed E-state index contributed by atoms with van der Waals surface area (Å²) in [6, 6.07) is 7.87. The zero-order chi connectivity index (χ0) is 20.0. The van der Waals surface area contributed by atoms with E-state index >= 15 is 0 Å². The zero-order valence-corrected chi connectivity index (χ0v) is 17.1. The van der Waals surface area contributed by atoms with E-state index in [0.29, 0.717) is 12.5 Å². The average Bonchev–Trinajstić information content (AvgIpc) is 3.03. The largest absolute Gasteiger partial charge is 0.355 e. The van der Waals surface area contributed by atoms with Gasteiger partial charge in [0, 0.05) is 24.9 Å². The van der Waals surface area contributed by atoms with Crippen molar-refractivity contribution in [1.29, 1.82) is 0 Å². The Kier molecular flexibility index (Phi) is 4.60. The molecule has 1 aromatic carbocycles. The van der Waals surface area contributed by atoms with Crippen molar-refractivity contribution < 1.29 is 9.59 Å². The number of para-hydroxylation sites is 2. The van der Waals surface area contributed by atoms with Crippen LogP contribution in [0.25, 0.3) is 11.0 Å². The van der Waals surface area contributed by atoms with E-state index in [0.717, 1.165) is 54.6 Å². The van der Waals surface area contributed by atoms with Crippen LogP contribution < -0.4 is 10.6 Å². The number of aromatic nitrogens is 2. The highest BCUT2D eigenvalue weighted by Crippen LogP contribution is 2.60. The van der Waals surface area contributed by atoms with Crippen LogP contribution in [-0.4, -0.2) is 27.9 Å². The quantitative estimate of drug-likeness (QED) is 0.784. The molecule has 4 aliphatic rings. The Hall–Kier alpha value is -2.37. The first-order valence-electron chi connectivity index (χ1n) is 11.1. The van der Waals surface area contributed by atoms with Gasteiger partial charge in [0.1, 0.15) is 0 Å². The first kappa shape index (κ1) is 18.6. The highest BCUT2D eigenvalue weighted by molar-refractivity contribution is 5.92. The van der Waals surface area contributed by atoms with Gasteiger partial charge in [0.25, 0.3) is 0 Å². The molecule has 0 saturated heterocycles. The molecule has 4 bridgehead atoms. The SMILES string of the molecule is CCn1c(NC(=O)CCNC(=O)C23CC4CC(CC(C4)C2)C3)nc2ccccc21. The molecular weight excluding hydrogens is 364 g/mol. The smallest absolute Gasteiger partial charge is 0.228 e. The number of nitrogens with zero attached hydrogens (tertiary/aromatic N) is 2.